The summed E-state index contributed by atoms with van der Waals surface area (Å²) >= 11 is 8.59. The van der Waals surface area contributed by atoms with Crippen LogP contribution in [0.2, 0.25) is 0 Å². The van der Waals surface area contributed by atoms with Crippen molar-refractivity contribution in [2.45, 2.75) is 13.5 Å². The fraction of sp³-hybridized carbons (Fsp3) is 0.600. The molecule has 0 radical (unpaired) electrons. The minimum absolute atomic E-state index is 0.696. The summed E-state index contributed by atoms with van der Waals surface area (Å²) in [5.41, 5.74) is 0. The maximum Gasteiger partial charge on any atom is 0.183 e. The smallest absolute Gasteiger partial charge is 0.183 e. The Hall–Kier alpha value is 0.550. The van der Waals surface area contributed by atoms with Gasteiger partial charge in [0.2, 0.25) is 0 Å². The highest BCUT2D eigenvalue weighted by atomic mass is 79.9. The summed E-state index contributed by atoms with van der Waals surface area (Å²) in [5, 5.41) is 3.38. The average molecular weight is 357 g/mol. The summed E-state index contributed by atoms with van der Waals surface area (Å²) < 4.78 is 7.19. The van der Waals surface area contributed by atoms with Crippen molar-refractivity contribution in [1.82, 2.24) is 5.32 Å². The molecule has 1 rings (SSSR count). The van der Waals surface area contributed by atoms with Gasteiger partial charge in [0, 0.05) is 0 Å². The molecule has 1 heterocycles. The van der Waals surface area contributed by atoms with E-state index in [4.69, 9.17) is 4.42 Å². The third kappa shape index (κ3) is 4.93. The Morgan fingerprint density at radius 2 is 2.27 bits per heavy atom. The van der Waals surface area contributed by atoms with Crippen LogP contribution in [0.25, 0.3) is 0 Å². The van der Waals surface area contributed by atoms with Crippen LogP contribution in [0.1, 0.15) is 12.7 Å². The maximum atomic E-state index is 5.46. The maximum absolute atomic E-state index is 5.46. The Balaban J connectivity index is 2.25. The quantitative estimate of drug-likeness (QED) is 0.836. The molecule has 0 aliphatic heterocycles. The fourth-order valence-corrected chi connectivity index (χ4v) is 2.61. The summed E-state index contributed by atoms with van der Waals surface area (Å²) in [7, 11) is 0. The Morgan fingerprint density at radius 1 is 1.53 bits per heavy atom. The van der Waals surface area contributed by atoms with Gasteiger partial charge < -0.3 is 9.73 Å². The first kappa shape index (κ1) is 13.6. The molecule has 0 aliphatic carbocycles. The zero-order valence-electron chi connectivity index (χ0n) is 8.85. The number of hydrogen-bond acceptors (Lipinski definition) is 3. The van der Waals surface area contributed by atoms with Crippen molar-refractivity contribution in [3.63, 3.8) is 0 Å². The Labute approximate surface area is 112 Å². The van der Waals surface area contributed by atoms with Gasteiger partial charge in [-0.25, -0.2) is 0 Å². The second-order valence-corrected chi connectivity index (χ2v) is 6.01. The van der Waals surface area contributed by atoms with Crippen LogP contribution >= 0.6 is 43.6 Å². The first-order valence-electron chi connectivity index (χ1n) is 4.76. The van der Waals surface area contributed by atoms with Gasteiger partial charge in [0.1, 0.15) is 5.76 Å². The average Bonchev–Trinajstić information content (AvgIpc) is 2.46. The van der Waals surface area contributed by atoms with E-state index in [9.17, 15) is 0 Å². The van der Waals surface area contributed by atoms with Crippen LogP contribution in [0.4, 0.5) is 0 Å². The largest absolute Gasteiger partial charge is 0.452 e. The van der Waals surface area contributed by atoms with Crippen LogP contribution in [0.5, 0.6) is 0 Å². The molecule has 0 aliphatic rings. The van der Waals surface area contributed by atoms with Gasteiger partial charge in [-0.1, -0.05) is 6.92 Å². The van der Waals surface area contributed by atoms with Crippen LogP contribution in [0.3, 0.4) is 0 Å². The predicted molar refractivity (Wildman–Crippen MR) is 73.4 cm³/mol. The molecule has 2 nitrogen and oxygen atoms in total. The van der Waals surface area contributed by atoms with Gasteiger partial charge in [0.05, 0.1) is 11.0 Å². The second kappa shape index (κ2) is 6.99. The van der Waals surface area contributed by atoms with E-state index in [1.54, 1.807) is 0 Å². The van der Waals surface area contributed by atoms with Gasteiger partial charge in [-0.3, -0.25) is 0 Å². The van der Waals surface area contributed by atoms with Gasteiger partial charge in [-0.2, -0.15) is 11.8 Å². The van der Waals surface area contributed by atoms with E-state index in [2.05, 4.69) is 50.4 Å². The van der Waals surface area contributed by atoms with Gasteiger partial charge in [-0.05, 0) is 62.4 Å². The lowest BCUT2D eigenvalue weighted by atomic mass is 10.2. The first-order valence-corrected chi connectivity index (χ1v) is 7.74. The molecule has 86 valence electrons. The SMILES string of the molecule is CSCC(C)CNCc1cc(Br)c(Br)o1. The lowest BCUT2D eigenvalue weighted by Crippen LogP contribution is -2.21. The molecule has 1 aromatic rings. The molecule has 0 spiro atoms. The molecular formula is C10H15Br2NOS. The number of rotatable bonds is 6. The standard InChI is InChI=1S/C10H15Br2NOS/c1-7(6-15-2)4-13-5-8-3-9(11)10(12)14-8/h3,7,13H,4-6H2,1-2H3. The van der Waals surface area contributed by atoms with E-state index in [0.717, 1.165) is 28.0 Å². The summed E-state index contributed by atoms with van der Waals surface area (Å²) in [6.45, 7) is 4.05. The van der Waals surface area contributed by atoms with E-state index in [0.29, 0.717) is 5.92 Å². The van der Waals surface area contributed by atoms with Crippen molar-refractivity contribution in [3.05, 3.63) is 21.0 Å². The summed E-state index contributed by atoms with van der Waals surface area (Å²) in [6, 6.07) is 1.98. The van der Waals surface area contributed by atoms with E-state index >= 15 is 0 Å². The number of nitrogens with one attached hydrogen (secondary N) is 1. The predicted octanol–water partition coefficient (Wildman–Crippen LogP) is 3.89. The molecule has 1 N–H and O–H groups in total. The van der Waals surface area contributed by atoms with Crippen molar-refractivity contribution in [2.75, 3.05) is 18.6 Å². The van der Waals surface area contributed by atoms with Crippen LogP contribution in [-0.4, -0.2) is 18.6 Å². The van der Waals surface area contributed by atoms with E-state index in [1.165, 1.54) is 5.75 Å². The summed E-state index contributed by atoms with van der Waals surface area (Å²) in [6.07, 6.45) is 2.14. The molecule has 5 heteroatoms. The van der Waals surface area contributed by atoms with Crippen molar-refractivity contribution in [3.8, 4) is 0 Å². The van der Waals surface area contributed by atoms with Crippen LogP contribution < -0.4 is 5.32 Å². The Morgan fingerprint density at radius 3 is 2.80 bits per heavy atom. The zero-order chi connectivity index (χ0) is 11.3. The molecule has 0 saturated carbocycles. The number of furan rings is 1. The molecule has 0 saturated heterocycles. The normalized spacial score (nSPS) is 13.1. The third-order valence-electron chi connectivity index (χ3n) is 1.94. The van der Waals surface area contributed by atoms with Crippen molar-refractivity contribution >= 4 is 43.6 Å². The molecule has 15 heavy (non-hydrogen) atoms. The molecule has 1 aromatic heterocycles. The van der Waals surface area contributed by atoms with Gasteiger partial charge >= 0.3 is 0 Å². The molecule has 1 unspecified atom stereocenters. The lowest BCUT2D eigenvalue weighted by molar-refractivity contribution is 0.451. The van der Waals surface area contributed by atoms with Crippen molar-refractivity contribution < 1.29 is 4.42 Å². The number of halogens is 2. The van der Waals surface area contributed by atoms with Gasteiger partial charge in [0.15, 0.2) is 4.67 Å². The topological polar surface area (TPSA) is 25.2 Å². The summed E-state index contributed by atoms with van der Waals surface area (Å²) in [5.74, 6) is 2.84. The van der Waals surface area contributed by atoms with Crippen LogP contribution in [0.15, 0.2) is 19.6 Å². The molecule has 0 fully saturated rings. The van der Waals surface area contributed by atoms with Crippen LogP contribution in [0, 0.1) is 5.92 Å². The first-order chi connectivity index (χ1) is 7.13. The zero-order valence-corrected chi connectivity index (χ0v) is 12.8. The molecular weight excluding hydrogens is 342 g/mol. The number of hydrogen-bond donors (Lipinski definition) is 1. The Bertz CT molecular complexity index is 284. The Kier molecular flexibility index (Phi) is 6.34. The molecule has 0 amide bonds. The highest BCUT2D eigenvalue weighted by Gasteiger charge is 2.06. The van der Waals surface area contributed by atoms with Gasteiger partial charge in [0.25, 0.3) is 0 Å². The van der Waals surface area contributed by atoms with Crippen molar-refractivity contribution in [1.29, 1.82) is 0 Å². The second-order valence-electron chi connectivity index (χ2n) is 3.53. The number of thioether (sulfide) groups is 1. The molecule has 0 aromatic carbocycles. The van der Waals surface area contributed by atoms with E-state index in [-0.39, 0.29) is 0 Å². The highest BCUT2D eigenvalue weighted by Crippen LogP contribution is 2.26. The lowest BCUT2D eigenvalue weighted by Gasteiger charge is -2.09. The van der Waals surface area contributed by atoms with Gasteiger partial charge in [-0.15, -0.1) is 0 Å². The van der Waals surface area contributed by atoms with E-state index < -0.39 is 0 Å². The minimum atomic E-state index is 0.696. The fourth-order valence-electron chi connectivity index (χ4n) is 1.26. The molecule has 1 atom stereocenters. The van der Waals surface area contributed by atoms with Crippen molar-refractivity contribution in [2.24, 2.45) is 5.92 Å². The monoisotopic (exact) mass is 355 g/mol. The molecule has 0 bridgehead atoms. The van der Waals surface area contributed by atoms with Crippen LogP contribution in [-0.2, 0) is 6.54 Å². The summed E-state index contributed by atoms with van der Waals surface area (Å²) in [4.78, 5) is 0. The third-order valence-corrected chi connectivity index (χ3v) is 4.55. The minimum Gasteiger partial charge on any atom is -0.452 e. The highest BCUT2D eigenvalue weighted by molar-refractivity contribution is 9.13. The van der Waals surface area contributed by atoms with E-state index in [1.807, 2.05) is 17.8 Å².